The number of aromatic hydroxyl groups is 1. The fourth-order valence-corrected chi connectivity index (χ4v) is 4.32. The maximum absolute atomic E-state index is 13.9. The molecule has 0 aliphatic carbocycles. The van der Waals surface area contributed by atoms with E-state index in [1.54, 1.807) is 24.8 Å². The van der Waals surface area contributed by atoms with Crippen LogP contribution in [0.1, 0.15) is 5.56 Å². The fourth-order valence-electron chi connectivity index (χ4n) is 4.32. The standard InChI is InChI=1S/C26H21FN8O/c1-35(2)13-14-3-16(9-28-8-14)21-7-19-22(12-30-21)33-34-25(19)26-31-23-11-29-10-20(24(23)32-26)15-4-17(27)6-18(36)5-15/h3-12,36H,13H2,1-2H3,(H,31,32)(H,33,34). The summed E-state index contributed by atoms with van der Waals surface area (Å²) in [5.74, 6) is -0.178. The number of aromatic nitrogens is 7. The summed E-state index contributed by atoms with van der Waals surface area (Å²) in [6.45, 7) is 0.776. The smallest absolute Gasteiger partial charge is 0.159 e. The zero-order chi connectivity index (χ0) is 24.8. The van der Waals surface area contributed by atoms with Gasteiger partial charge >= 0.3 is 0 Å². The van der Waals surface area contributed by atoms with Crippen LogP contribution in [0.5, 0.6) is 5.75 Å². The van der Waals surface area contributed by atoms with E-state index in [1.165, 1.54) is 12.1 Å². The SMILES string of the molecule is CN(C)Cc1cncc(-c2cc3c(-c4nc5c(-c6cc(O)cc(F)c6)cncc5[nH]4)n[nH]c3cn2)c1. The Kier molecular flexibility index (Phi) is 5.15. The summed E-state index contributed by atoms with van der Waals surface area (Å²) in [7, 11) is 4.03. The van der Waals surface area contributed by atoms with E-state index >= 15 is 0 Å². The minimum atomic E-state index is -0.541. The Bertz CT molecular complexity index is 1720. The number of phenolic OH excluding ortho intramolecular Hbond substituents is 1. The van der Waals surface area contributed by atoms with Gasteiger partial charge in [-0.2, -0.15) is 5.10 Å². The number of imidazole rings is 1. The Balaban J connectivity index is 1.45. The van der Waals surface area contributed by atoms with Crippen LogP contribution in [0.2, 0.25) is 0 Å². The molecule has 0 atom stereocenters. The van der Waals surface area contributed by atoms with E-state index in [9.17, 15) is 9.50 Å². The normalized spacial score (nSPS) is 11.7. The molecule has 0 unspecified atom stereocenters. The number of phenols is 1. The Morgan fingerprint density at radius 1 is 0.917 bits per heavy atom. The average molecular weight is 481 g/mol. The van der Waals surface area contributed by atoms with Crippen molar-refractivity contribution >= 4 is 21.9 Å². The summed E-state index contributed by atoms with van der Waals surface area (Å²) in [4.78, 5) is 23.4. The van der Waals surface area contributed by atoms with Crippen LogP contribution in [0, 0.1) is 5.82 Å². The van der Waals surface area contributed by atoms with Gasteiger partial charge in [-0.25, -0.2) is 9.37 Å². The Hall–Kier alpha value is -4.70. The molecule has 178 valence electrons. The van der Waals surface area contributed by atoms with Gasteiger partial charge in [0.25, 0.3) is 0 Å². The van der Waals surface area contributed by atoms with Gasteiger partial charge in [0, 0.05) is 47.7 Å². The van der Waals surface area contributed by atoms with Crippen LogP contribution in [0.4, 0.5) is 4.39 Å². The summed E-state index contributed by atoms with van der Waals surface area (Å²) in [5.41, 5.74) is 6.48. The first-order valence-corrected chi connectivity index (χ1v) is 11.2. The van der Waals surface area contributed by atoms with Gasteiger partial charge in [-0.05, 0) is 49.5 Å². The van der Waals surface area contributed by atoms with Crippen LogP contribution in [-0.2, 0) is 6.54 Å². The quantitative estimate of drug-likeness (QED) is 0.332. The summed E-state index contributed by atoms with van der Waals surface area (Å²) >= 11 is 0. The Morgan fingerprint density at radius 3 is 2.61 bits per heavy atom. The molecule has 6 aromatic rings. The zero-order valence-corrected chi connectivity index (χ0v) is 19.5. The molecule has 10 heteroatoms. The van der Waals surface area contributed by atoms with Gasteiger partial charge in [-0.15, -0.1) is 0 Å². The van der Waals surface area contributed by atoms with E-state index < -0.39 is 5.82 Å². The van der Waals surface area contributed by atoms with Gasteiger partial charge in [0.05, 0.1) is 34.6 Å². The van der Waals surface area contributed by atoms with Gasteiger partial charge in [-0.3, -0.25) is 20.1 Å². The van der Waals surface area contributed by atoms with Crippen molar-refractivity contribution in [2.45, 2.75) is 6.54 Å². The lowest BCUT2D eigenvalue weighted by Gasteiger charge is -2.10. The number of halogens is 1. The van der Waals surface area contributed by atoms with Crippen molar-refractivity contribution in [1.82, 2.24) is 40.0 Å². The lowest BCUT2D eigenvalue weighted by molar-refractivity contribution is 0.402. The van der Waals surface area contributed by atoms with Crippen LogP contribution < -0.4 is 0 Å². The third kappa shape index (κ3) is 3.93. The van der Waals surface area contributed by atoms with Crippen molar-refractivity contribution in [3.8, 4) is 39.7 Å². The van der Waals surface area contributed by atoms with Crippen molar-refractivity contribution < 1.29 is 9.50 Å². The molecule has 0 spiro atoms. The first-order chi connectivity index (χ1) is 17.4. The van der Waals surface area contributed by atoms with Crippen LogP contribution >= 0.6 is 0 Å². The molecule has 0 aliphatic rings. The molecule has 0 bridgehead atoms. The number of benzene rings is 1. The number of rotatable bonds is 5. The number of aromatic amines is 2. The predicted octanol–water partition coefficient (Wildman–Crippen LogP) is 4.53. The maximum Gasteiger partial charge on any atom is 0.159 e. The van der Waals surface area contributed by atoms with Crippen LogP contribution in [0.15, 0.2) is 61.3 Å². The molecule has 0 saturated carbocycles. The summed E-state index contributed by atoms with van der Waals surface area (Å²) in [6.07, 6.45) is 8.63. The molecule has 9 nitrogen and oxygen atoms in total. The van der Waals surface area contributed by atoms with E-state index in [0.29, 0.717) is 33.7 Å². The highest BCUT2D eigenvalue weighted by Gasteiger charge is 2.17. The van der Waals surface area contributed by atoms with E-state index in [-0.39, 0.29) is 5.75 Å². The molecule has 5 aromatic heterocycles. The number of nitrogens with one attached hydrogen (secondary N) is 2. The Morgan fingerprint density at radius 2 is 1.78 bits per heavy atom. The predicted molar refractivity (Wildman–Crippen MR) is 134 cm³/mol. The molecule has 3 N–H and O–H groups in total. The second kappa shape index (κ2) is 8.51. The highest BCUT2D eigenvalue weighted by Crippen LogP contribution is 2.33. The highest BCUT2D eigenvalue weighted by molar-refractivity contribution is 5.97. The molecule has 0 amide bonds. The summed E-state index contributed by atoms with van der Waals surface area (Å²) in [6, 6.07) is 7.91. The molecule has 36 heavy (non-hydrogen) atoms. The van der Waals surface area contributed by atoms with Crippen molar-refractivity contribution in [3.63, 3.8) is 0 Å². The van der Waals surface area contributed by atoms with Crippen molar-refractivity contribution in [3.05, 3.63) is 72.7 Å². The molecule has 0 radical (unpaired) electrons. The molecule has 0 aliphatic heterocycles. The first kappa shape index (κ1) is 21.8. The third-order valence-electron chi connectivity index (χ3n) is 5.85. The van der Waals surface area contributed by atoms with Crippen LogP contribution in [-0.4, -0.2) is 59.2 Å². The second-order valence-electron chi connectivity index (χ2n) is 8.87. The van der Waals surface area contributed by atoms with Crippen LogP contribution in [0.25, 0.3) is 55.8 Å². The molecular weight excluding hydrogens is 459 g/mol. The van der Waals surface area contributed by atoms with Gasteiger partial charge in [-0.1, -0.05) is 0 Å². The van der Waals surface area contributed by atoms with Crippen molar-refractivity contribution in [2.24, 2.45) is 0 Å². The minimum Gasteiger partial charge on any atom is -0.508 e. The molecule has 0 saturated heterocycles. The second-order valence-corrected chi connectivity index (χ2v) is 8.87. The van der Waals surface area contributed by atoms with E-state index in [0.717, 1.165) is 40.3 Å². The number of pyridine rings is 3. The van der Waals surface area contributed by atoms with E-state index in [4.69, 9.17) is 4.98 Å². The number of hydrogen-bond donors (Lipinski definition) is 3. The summed E-state index contributed by atoms with van der Waals surface area (Å²) < 4.78 is 13.9. The van der Waals surface area contributed by atoms with E-state index in [2.05, 4.69) is 41.1 Å². The van der Waals surface area contributed by atoms with Gasteiger partial charge in [0.15, 0.2) is 5.82 Å². The largest absolute Gasteiger partial charge is 0.508 e. The zero-order valence-electron chi connectivity index (χ0n) is 19.5. The van der Waals surface area contributed by atoms with Crippen molar-refractivity contribution in [2.75, 3.05) is 14.1 Å². The number of fused-ring (bicyclic) bond motifs is 2. The monoisotopic (exact) mass is 480 g/mol. The third-order valence-corrected chi connectivity index (χ3v) is 5.85. The fraction of sp³-hybridized carbons (Fsp3) is 0.115. The highest BCUT2D eigenvalue weighted by atomic mass is 19.1. The van der Waals surface area contributed by atoms with Gasteiger partial charge < -0.3 is 15.0 Å². The molecule has 6 rings (SSSR count). The minimum absolute atomic E-state index is 0.166. The molecule has 5 heterocycles. The first-order valence-electron chi connectivity index (χ1n) is 11.2. The lowest BCUT2D eigenvalue weighted by atomic mass is 10.1. The molecular formula is C26H21FN8O. The molecule has 1 aromatic carbocycles. The number of nitrogens with zero attached hydrogens (tertiary/aromatic N) is 6. The lowest BCUT2D eigenvalue weighted by Crippen LogP contribution is -2.10. The van der Waals surface area contributed by atoms with Gasteiger partial charge in [0.1, 0.15) is 17.3 Å². The average Bonchev–Trinajstić information content (AvgIpc) is 3.46. The maximum atomic E-state index is 13.9. The van der Waals surface area contributed by atoms with Gasteiger partial charge in [0.2, 0.25) is 0 Å². The van der Waals surface area contributed by atoms with Crippen molar-refractivity contribution in [1.29, 1.82) is 0 Å². The number of hydrogen-bond acceptors (Lipinski definition) is 7. The number of H-pyrrole nitrogens is 2. The van der Waals surface area contributed by atoms with Crippen LogP contribution in [0.3, 0.4) is 0 Å². The molecule has 0 fully saturated rings. The topological polar surface area (TPSA) is 120 Å². The van der Waals surface area contributed by atoms with E-state index in [1.807, 2.05) is 26.4 Å². The summed E-state index contributed by atoms with van der Waals surface area (Å²) in [5, 5.41) is 18.2. The Labute approximate surface area is 204 Å².